The number of carbonyl (C=O) groups excluding carboxylic acids is 6. The van der Waals surface area contributed by atoms with Gasteiger partial charge in [-0.2, -0.15) is 43.1 Å². The largest absolute Gasteiger partial charge is 0.496 e. The van der Waals surface area contributed by atoms with Gasteiger partial charge in [0.05, 0.1) is 46.8 Å². The number of carbonyl (C=O) groups is 6. The van der Waals surface area contributed by atoms with Crippen LogP contribution in [-0.2, 0) is 48.5 Å². The van der Waals surface area contributed by atoms with Gasteiger partial charge in [0, 0.05) is 128 Å². The van der Waals surface area contributed by atoms with E-state index in [9.17, 15) is 46.3 Å². The van der Waals surface area contributed by atoms with Crippen molar-refractivity contribution in [1.29, 1.82) is 0 Å². The molecule has 0 saturated heterocycles. The lowest BCUT2D eigenvalue weighted by molar-refractivity contribution is -0.137. The number of halogens is 6. The van der Waals surface area contributed by atoms with Crippen LogP contribution in [0.2, 0.25) is 5.02 Å². The number of methoxy groups -OCH3 is 1. The summed E-state index contributed by atoms with van der Waals surface area (Å²) in [6.07, 6.45) is -4.41. The zero-order chi connectivity index (χ0) is 99.8. The minimum atomic E-state index is -4.41. The second-order valence-electron chi connectivity index (χ2n) is 31.3. The quantitative estimate of drug-likeness (QED) is 0.102. The van der Waals surface area contributed by atoms with Crippen LogP contribution in [0.5, 0.6) is 5.75 Å². The maximum absolute atomic E-state index is 13.1. The predicted molar refractivity (Wildman–Crippen MR) is 558 cm³/mol. The van der Waals surface area contributed by atoms with Gasteiger partial charge in [0.15, 0.2) is 28.8 Å². The molecular formula is C109H92BrClF4N12O7S6. The minimum absolute atomic E-state index is 0.211. The molecule has 0 saturated carbocycles. The van der Waals surface area contributed by atoms with Crippen LogP contribution in [0, 0.1) is 40.4 Å². The van der Waals surface area contributed by atoms with E-state index in [1.807, 2.05) is 252 Å². The molecule has 0 unspecified atom stereocenters. The zero-order valence-corrected chi connectivity index (χ0v) is 85.0. The first-order valence-corrected chi connectivity index (χ1v) is 49.5. The van der Waals surface area contributed by atoms with Gasteiger partial charge in [-0.25, -0.2) is 4.39 Å². The molecule has 18 aromatic rings. The molecule has 0 aliphatic rings. The van der Waals surface area contributed by atoms with Crippen LogP contribution in [0.1, 0.15) is 94.2 Å². The van der Waals surface area contributed by atoms with E-state index in [-0.39, 0.29) is 35.4 Å². The summed E-state index contributed by atoms with van der Waals surface area (Å²) < 4.78 is 70.1. The standard InChI is InChI=1S/C20H20N2O2S.C19H15F3N2OS.C18H15FN2OS.C18H16N2OS.C17H13BrN2OS.C17H13ClN2OS/c1-13-10-16(11-18(24-4)14(13)2)17-12-25-20(22(17)3)21-19(23)15-8-6-5-7-9-15;1-12-8-14(10-15(9-12)19(20,21)22)16-11-26-18(24(16)2)23-17(25)13-6-4-3-5-7-13;1-12-16(13-8-10-15(19)11-9-13)21(2)18(23-12)20-17(22)14-6-4-3-5-7-14;1-13-16(14-9-5-3-6-10-14)20(2)18(22-13)19-17(21)15-11-7-4-8-12-15;1-20-15(12-7-9-14(18)10-8-12)11-22-17(20)19-16(21)13-5-3-2-4-6-13;1-20-15(13-8-5-9-14(18)10-13)11-22-17(20)19-16(21)12-6-3-2-4-7-12/h5-12H,1-4H3;3-11H,1-2H3;3-11H,1-2H3;3-12H,1-2H3;2*2-11H,1H3. The number of alkyl halides is 3. The van der Waals surface area contributed by atoms with Crippen molar-refractivity contribution in [2.45, 2.75) is 40.8 Å². The van der Waals surface area contributed by atoms with Crippen LogP contribution in [0.3, 0.4) is 0 Å². The first-order chi connectivity index (χ1) is 67.3. The molecule has 0 aliphatic carbocycles. The van der Waals surface area contributed by atoms with Crippen molar-refractivity contribution >= 4 is 131 Å². The Morgan fingerprint density at radius 2 is 0.629 bits per heavy atom. The molecule has 708 valence electrons. The number of ether oxygens (including phenoxy) is 1. The van der Waals surface area contributed by atoms with Crippen LogP contribution in [0.4, 0.5) is 17.6 Å². The molecule has 31 heteroatoms. The van der Waals surface area contributed by atoms with Crippen LogP contribution >= 0.6 is 95.6 Å². The van der Waals surface area contributed by atoms with Gasteiger partial charge in [-0.3, -0.25) is 28.8 Å². The van der Waals surface area contributed by atoms with Crippen molar-refractivity contribution in [2.24, 2.45) is 72.2 Å². The van der Waals surface area contributed by atoms with Gasteiger partial charge in [-0.1, -0.05) is 191 Å². The molecule has 0 atom stereocenters. The van der Waals surface area contributed by atoms with E-state index in [4.69, 9.17) is 16.3 Å². The Morgan fingerprint density at radius 3 is 0.964 bits per heavy atom. The number of hydrogen-bond acceptors (Lipinski definition) is 13. The van der Waals surface area contributed by atoms with E-state index in [1.54, 1.807) is 140 Å². The van der Waals surface area contributed by atoms with E-state index in [2.05, 4.69) is 77.9 Å². The highest BCUT2D eigenvalue weighted by Crippen LogP contribution is 2.36. The van der Waals surface area contributed by atoms with Crippen LogP contribution < -0.4 is 33.5 Å². The number of amides is 6. The fraction of sp³-hybridized carbons (Fsp3) is 0.119. The normalized spacial score (nSPS) is 11.8. The second kappa shape index (κ2) is 48.2. The third-order valence-electron chi connectivity index (χ3n) is 21.7. The number of thiazole rings is 6. The lowest BCUT2D eigenvalue weighted by Crippen LogP contribution is -2.14. The summed E-state index contributed by atoms with van der Waals surface area (Å²) in [6.45, 7) is 9.76. The summed E-state index contributed by atoms with van der Waals surface area (Å²) >= 11 is 18.0. The van der Waals surface area contributed by atoms with Crippen molar-refractivity contribution in [2.75, 3.05) is 7.11 Å². The van der Waals surface area contributed by atoms with E-state index in [0.717, 1.165) is 94.0 Å². The molecule has 0 N–H and O–H groups in total. The number of aryl methyl sites for hydroxylation is 4. The Morgan fingerprint density at radius 1 is 0.329 bits per heavy atom. The van der Waals surface area contributed by atoms with E-state index >= 15 is 0 Å². The molecule has 0 fully saturated rings. The van der Waals surface area contributed by atoms with E-state index in [0.29, 0.717) is 84.0 Å². The maximum Gasteiger partial charge on any atom is 0.416 e. The summed E-state index contributed by atoms with van der Waals surface area (Å²) in [5.41, 5.74) is 16.8. The zero-order valence-electron chi connectivity index (χ0n) is 77.8. The molecule has 0 bridgehead atoms. The van der Waals surface area contributed by atoms with Crippen molar-refractivity contribution < 1.29 is 51.1 Å². The van der Waals surface area contributed by atoms with Crippen LogP contribution in [0.25, 0.3) is 67.5 Å². The molecule has 0 radical (unpaired) electrons. The first kappa shape index (κ1) is 103. The molecule has 6 aromatic heterocycles. The highest BCUT2D eigenvalue weighted by molar-refractivity contribution is 9.10. The average molecular weight is 2070 g/mol. The van der Waals surface area contributed by atoms with Crippen molar-refractivity contribution in [3.8, 4) is 73.3 Å². The maximum atomic E-state index is 13.1. The number of nitrogens with zero attached hydrogens (tertiary/aromatic N) is 12. The Balaban J connectivity index is 0.000000142. The third kappa shape index (κ3) is 26.7. The molecule has 0 aliphatic heterocycles. The van der Waals surface area contributed by atoms with E-state index < -0.39 is 17.6 Å². The van der Waals surface area contributed by atoms with Crippen molar-refractivity contribution in [3.63, 3.8) is 0 Å². The lowest BCUT2D eigenvalue weighted by Gasteiger charge is -2.11. The van der Waals surface area contributed by atoms with Gasteiger partial charge >= 0.3 is 6.18 Å². The smallest absolute Gasteiger partial charge is 0.416 e. The van der Waals surface area contributed by atoms with Gasteiger partial charge in [-0.15, -0.1) is 68.0 Å². The van der Waals surface area contributed by atoms with Crippen LogP contribution in [-0.4, -0.2) is 70.0 Å². The Kier molecular flexibility index (Phi) is 35.4. The topological polar surface area (TPSA) is 215 Å². The Bertz CT molecular complexity index is 7940. The van der Waals surface area contributed by atoms with Gasteiger partial charge in [0.2, 0.25) is 0 Å². The summed E-state index contributed by atoms with van der Waals surface area (Å²) in [6, 6.07) is 94.2. The molecule has 19 nitrogen and oxygen atoms in total. The molecule has 6 amide bonds. The SMILES string of the molecule is COc1cc(-c2csc(=NC(=O)c3ccccc3)n2C)cc(C)c1C.Cc1cc(-c2csc(=NC(=O)c3ccccc3)n2C)cc(C(F)(F)F)c1.Cc1sc(=NC(=O)c2ccccc2)n(C)c1-c1ccc(F)cc1.Cc1sc(=NC(=O)c2ccccc2)n(C)c1-c1ccccc1.Cn1c(-c2ccc(Br)cc2)csc1=NC(=O)c1ccccc1.Cn1c(-c2cccc(Cl)c2)csc1=NC(=O)c1ccccc1. The monoisotopic (exact) mass is 2060 g/mol. The number of aromatic nitrogens is 6. The number of benzene rings is 12. The minimum Gasteiger partial charge on any atom is -0.496 e. The van der Waals surface area contributed by atoms with Gasteiger partial charge in [-0.05, 0) is 225 Å². The summed E-state index contributed by atoms with van der Waals surface area (Å²) in [5, 5.41) is 8.39. The van der Waals surface area contributed by atoms with Gasteiger partial charge in [0.1, 0.15) is 11.6 Å². The molecule has 140 heavy (non-hydrogen) atoms. The highest BCUT2D eigenvalue weighted by atomic mass is 79.9. The Hall–Kier alpha value is -14.5. The summed E-state index contributed by atoms with van der Waals surface area (Å²) in [4.78, 5) is 105. The van der Waals surface area contributed by atoms with E-state index in [1.165, 1.54) is 85.7 Å². The van der Waals surface area contributed by atoms with Gasteiger partial charge < -0.3 is 32.1 Å². The molecule has 12 aromatic carbocycles. The first-order valence-electron chi connectivity index (χ1n) is 43.2. The molecule has 6 heterocycles. The molecule has 0 spiro atoms. The van der Waals surface area contributed by atoms with Gasteiger partial charge in [0.25, 0.3) is 35.4 Å². The fourth-order valence-electron chi connectivity index (χ4n) is 14.2. The number of rotatable bonds is 13. The average Bonchev–Trinajstić information content (AvgIpc) is 1.58. The fourth-order valence-corrected chi connectivity index (χ4v) is 20.3. The lowest BCUT2D eigenvalue weighted by atomic mass is 10.0. The summed E-state index contributed by atoms with van der Waals surface area (Å²) in [5.74, 6) is -0.980. The second-order valence-corrected chi connectivity index (χ2v) is 38.4. The highest BCUT2D eigenvalue weighted by Gasteiger charge is 2.31. The third-order valence-corrected chi connectivity index (χ3v) is 28.2. The number of hydrogen-bond donors (Lipinski definition) is 0. The molecular weight excluding hydrogens is 1970 g/mol. The van der Waals surface area contributed by atoms with Crippen LogP contribution in [0.15, 0.2) is 371 Å². The van der Waals surface area contributed by atoms with Crippen molar-refractivity contribution in [1.82, 2.24) is 27.4 Å². The molecule has 18 rings (SSSR count). The Labute approximate surface area is 842 Å². The van der Waals surface area contributed by atoms with Crippen molar-refractivity contribution in [3.05, 3.63) is 446 Å². The predicted octanol–water partition coefficient (Wildman–Crippen LogP) is 25.1. The summed E-state index contributed by atoms with van der Waals surface area (Å²) in [7, 11) is 12.9.